The Balaban J connectivity index is 1.27. The summed E-state index contributed by atoms with van der Waals surface area (Å²) in [7, 11) is 3.31. The Morgan fingerprint density at radius 2 is 1.56 bits per heavy atom. The van der Waals surface area contributed by atoms with Crippen LogP contribution in [0, 0.1) is 0 Å². The number of anilines is 1. The van der Waals surface area contributed by atoms with Gasteiger partial charge in [-0.15, -0.1) is 0 Å². The number of benzene rings is 2. The Morgan fingerprint density at radius 1 is 0.875 bits per heavy atom. The molecular formula is C24H31N3O5. The third-order valence-corrected chi connectivity index (χ3v) is 5.90. The molecule has 2 heterocycles. The van der Waals surface area contributed by atoms with E-state index >= 15 is 0 Å². The first-order valence-corrected chi connectivity index (χ1v) is 11.0. The summed E-state index contributed by atoms with van der Waals surface area (Å²) in [6.07, 6.45) is -0.315. The number of hydrogen-bond acceptors (Lipinski definition) is 7. The van der Waals surface area contributed by atoms with Gasteiger partial charge in [0, 0.05) is 51.5 Å². The highest BCUT2D eigenvalue weighted by Crippen LogP contribution is 2.28. The molecule has 172 valence electrons. The van der Waals surface area contributed by atoms with Gasteiger partial charge >= 0.3 is 6.09 Å². The van der Waals surface area contributed by atoms with E-state index in [9.17, 15) is 4.79 Å². The number of hydrogen-bond donors (Lipinski definition) is 0. The van der Waals surface area contributed by atoms with E-state index in [1.165, 1.54) is 5.56 Å². The number of amides is 1. The Labute approximate surface area is 189 Å². The van der Waals surface area contributed by atoms with Crippen LogP contribution in [0.25, 0.3) is 0 Å². The van der Waals surface area contributed by atoms with Crippen molar-refractivity contribution in [1.29, 1.82) is 0 Å². The maximum atomic E-state index is 12.2. The standard InChI is InChI=1S/C24H31N3O5/c1-29-22-8-3-19(17-23(22)30-2)18-25-9-11-26(12-10-25)20-4-6-21(7-5-20)32-24(28)27-13-15-31-16-14-27/h3-8,17H,9-16,18H2,1-2H3. The van der Waals surface area contributed by atoms with Crippen molar-refractivity contribution in [3.05, 3.63) is 48.0 Å². The average Bonchev–Trinajstić information content (AvgIpc) is 2.85. The molecule has 0 unspecified atom stereocenters. The predicted molar refractivity (Wildman–Crippen MR) is 122 cm³/mol. The van der Waals surface area contributed by atoms with Crippen molar-refractivity contribution in [2.75, 3.05) is 71.6 Å². The molecule has 8 heteroatoms. The van der Waals surface area contributed by atoms with Crippen LogP contribution < -0.4 is 19.1 Å². The summed E-state index contributed by atoms with van der Waals surface area (Å²) < 4.78 is 21.5. The van der Waals surface area contributed by atoms with Crippen LogP contribution in [0.5, 0.6) is 17.2 Å². The third kappa shape index (κ3) is 5.44. The summed E-state index contributed by atoms with van der Waals surface area (Å²) in [5, 5.41) is 0. The average molecular weight is 442 g/mol. The minimum absolute atomic E-state index is 0.315. The van der Waals surface area contributed by atoms with Crippen molar-refractivity contribution in [3.63, 3.8) is 0 Å². The molecule has 2 aromatic carbocycles. The minimum atomic E-state index is -0.315. The van der Waals surface area contributed by atoms with Crippen molar-refractivity contribution in [2.24, 2.45) is 0 Å². The fourth-order valence-corrected chi connectivity index (χ4v) is 4.04. The smallest absolute Gasteiger partial charge is 0.415 e. The molecule has 0 atom stereocenters. The summed E-state index contributed by atoms with van der Waals surface area (Å²) in [4.78, 5) is 18.7. The molecule has 2 saturated heterocycles. The molecule has 2 aliphatic rings. The van der Waals surface area contributed by atoms with Gasteiger partial charge in [-0.25, -0.2) is 4.79 Å². The molecule has 2 fully saturated rings. The number of ether oxygens (including phenoxy) is 4. The Hall–Kier alpha value is -2.97. The summed E-state index contributed by atoms with van der Waals surface area (Å²) in [5.41, 5.74) is 2.35. The van der Waals surface area contributed by atoms with Gasteiger partial charge in [0.1, 0.15) is 5.75 Å². The number of carbonyl (C=O) groups is 1. The first-order valence-electron chi connectivity index (χ1n) is 11.0. The van der Waals surface area contributed by atoms with Gasteiger partial charge in [0.05, 0.1) is 27.4 Å². The fraction of sp³-hybridized carbons (Fsp3) is 0.458. The number of methoxy groups -OCH3 is 2. The molecule has 0 N–H and O–H groups in total. The normalized spacial score (nSPS) is 17.2. The SMILES string of the molecule is COc1ccc(CN2CCN(c3ccc(OC(=O)N4CCOCC4)cc3)CC2)cc1OC. The lowest BCUT2D eigenvalue weighted by Gasteiger charge is -2.36. The van der Waals surface area contributed by atoms with Crippen LogP contribution in [0.2, 0.25) is 0 Å². The highest BCUT2D eigenvalue weighted by molar-refractivity contribution is 5.71. The van der Waals surface area contributed by atoms with Crippen molar-refractivity contribution < 1.29 is 23.7 Å². The van der Waals surface area contributed by atoms with Crippen LogP contribution >= 0.6 is 0 Å². The van der Waals surface area contributed by atoms with Gasteiger partial charge in [-0.1, -0.05) is 6.07 Å². The van der Waals surface area contributed by atoms with E-state index in [-0.39, 0.29) is 6.09 Å². The van der Waals surface area contributed by atoms with Crippen molar-refractivity contribution in [3.8, 4) is 17.2 Å². The largest absolute Gasteiger partial charge is 0.493 e. The van der Waals surface area contributed by atoms with E-state index in [1.807, 2.05) is 36.4 Å². The van der Waals surface area contributed by atoms with E-state index in [2.05, 4.69) is 15.9 Å². The van der Waals surface area contributed by atoms with Gasteiger partial charge in [0.2, 0.25) is 0 Å². The second-order valence-electron chi connectivity index (χ2n) is 7.91. The fourth-order valence-electron chi connectivity index (χ4n) is 4.04. The van der Waals surface area contributed by atoms with Gasteiger partial charge in [-0.2, -0.15) is 0 Å². The van der Waals surface area contributed by atoms with Crippen LogP contribution in [0.15, 0.2) is 42.5 Å². The highest BCUT2D eigenvalue weighted by atomic mass is 16.6. The molecule has 0 aliphatic carbocycles. The lowest BCUT2D eigenvalue weighted by atomic mass is 10.1. The first-order chi connectivity index (χ1) is 15.7. The highest BCUT2D eigenvalue weighted by Gasteiger charge is 2.20. The summed E-state index contributed by atoms with van der Waals surface area (Å²) in [5.74, 6) is 2.08. The van der Waals surface area contributed by atoms with E-state index in [0.717, 1.165) is 49.9 Å². The van der Waals surface area contributed by atoms with Gasteiger partial charge in [0.25, 0.3) is 0 Å². The van der Waals surface area contributed by atoms with Crippen molar-refractivity contribution in [2.45, 2.75) is 6.54 Å². The quantitative estimate of drug-likeness (QED) is 0.683. The predicted octanol–water partition coefficient (Wildman–Crippen LogP) is 2.86. The van der Waals surface area contributed by atoms with Gasteiger partial charge in [0.15, 0.2) is 11.5 Å². The minimum Gasteiger partial charge on any atom is -0.493 e. The molecule has 0 saturated carbocycles. The molecule has 4 rings (SSSR count). The van der Waals surface area contributed by atoms with Gasteiger partial charge in [-0.05, 0) is 42.0 Å². The monoisotopic (exact) mass is 441 g/mol. The summed E-state index contributed by atoms with van der Waals surface area (Å²) in [6.45, 7) is 6.99. The molecule has 2 aromatic rings. The second-order valence-corrected chi connectivity index (χ2v) is 7.91. The Bertz CT molecular complexity index is 891. The summed E-state index contributed by atoms with van der Waals surface area (Å²) in [6, 6.07) is 13.9. The zero-order valence-electron chi connectivity index (χ0n) is 18.8. The van der Waals surface area contributed by atoms with Gasteiger partial charge in [-0.3, -0.25) is 4.90 Å². The van der Waals surface area contributed by atoms with Crippen molar-refractivity contribution >= 4 is 11.8 Å². The van der Waals surface area contributed by atoms with E-state index in [4.69, 9.17) is 18.9 Å². The molecule has 0 bridgehead atoms. The van der Waals surface area contributed by atoms with Crippen LogP contribution in [0.1, 0.15) is 5.56 Å². The van der Waals surface area contributed by atoms with Crippen molar-refractivity contribution in [1.82, 2.24) is 9.80 Å². The maximum Gasteiger partial charge on any atom is 0.415 e. The Kier molecular flexibility index (Phi) is 7.34. The molecule has 0 radical (unpaired) electrons. The topological polar surface area (TPSA) is 63.7 Å². The van der Waals surface area contributed by atoms with E-state index in [1.54, 1.807) is 19.1 Å². The van der Waals surface area contributed by atoms with E-state index < -0.39 is 0 Å². The van der Waals surface area contributed by atoms with Gasteiger partial charge < -0.3 is 28.7 Å². The number of rotatable bonds is 6. The number of carbonyl (C=O) groups excluding carboxylic acids is 1. The number of piperazine rings is 1. The van der Waals surface area contributed by atoms with Crippen LogP contribution in [-0.4, -0.2) is 82.6 Å². The maximum absolute atomic E-state index is 12.2. The number of morpholine rings is 1. The second kappa shape index (κ2) is 10.6. The molecule has 32 heavy (non-hydrogen) atoms. The molecular weight excluding hydrogens is 410 g/mol. The lowest BCUT2D eigenvalue weighted by Crippen LogP contribution is -2.45. The molecule has 0 spiro atoms. The molecule has 1 amide bonds. The zero-order valence-corrected chi connectivity index (χ0v) is 18.8. The Morgan fingerprint density at radius 3 is 2.22 bits per heavy atom. The molecule has 8 nitrogen and oxygen atoms in total. The molecule has 0 aromatic heterocycles. The molecule has 2 aliphatic heterocycles. The van der Waals surface area contributed by atoms with Crippen LogP contribution in [-0.2, 0) is 11.3 Å². The summed E-state index contributed by atoms with van der Waals surface area (Å²) >= 11 is 0. The first kappa shape index (κ1) is 22.2. The lowest BCUT2D eigenvalue weighted by molar-refractivity contribution is 0.0416. The van der Waals surface area contributed by atoms with Crippen LogP contribution in [0.3, 0.4) is 0 Å². The van der Waals surface area contributed by atoms with E-state index in [0.29, 0.717) is 32.1 Å². The zero-order chi connectivity index (χ0) is 22.3. The van der Waals surface area contributed by atoms with Crippen LogP contribution in [0.4, 0.5) is 10.5 Å². The number of nitrogens with zero attached hydrogens (tertiary/aromatic N) is 3. The third-order valence-electron chi connectivity index (χ3n) is 5.90.